The number of nitrogens with one attached hydrogen (secondary N) is 1. The molecule has 1 heterocycles. The van der Waals surface area contributed by atoms with Crippen LogP contribution in [0.4, 0.5) is 5.69 Å². The number of ether oxygens (including phenoxy) is 3. The number of carbonyl (C=O) groups is 1. The van der Waals surface area contributed by atoms with Crippen LogP contribution in [0.5, 0.6) is 11.5 Å². The van der Waals surface area contributed by atoms with Crippen molar-refractivity contribution in [3.8, 4) is 11.5 Å². The molecule has 7 nitrogen and oxygen atoms in total. The number of hydrogen-bond donors (Lipinski definition) is 2. The monoisotopic (exact) mass is 481 g/mol. The average molecular weight is 482 g/mol. The quantitative estimate of drug-likeness (QED) is 0.395. The molecular formula is C23H29Cl2N3O4. The summed E-state index contributed by atoms with van der Waals surface area (Å²) in [6.07, 6.45) is 0.799. The van der Waals surface area contributed by atoms with E-state index in [9.17, 15) is 4.79 Å². The third kappa shape index (κ3) is 7.17. The summed E-state index contributed by atoms with van der Waals surface area (Å²) < 4.78 is 17.1. The van der Waals surface area contributed by atoms with Crippen molar-refractivity contribution in [3.05, 3.63) is 52.0 Å². The molecule has 0 saturated carbocycles. The van der Waals surface area contributed by atoms with Crippen molar-refractivity contribution in [1.82, 2.24) is 10.2 Å². The van der Waals surface area contributed by atoms with E-state index < -0.39 is 0 Å². The number of nitrogen functional groups attached to an aromatic ring is 1. The maximum atomic E-state index is 12.7. The summed E-state index contributed by atoms with van der Waals surface area (Å²) >= 11 is 12.0. The number of nitrogens with zero attached hydrogens (tertiary/aromatic N) is 1. The molecule has 1 aliphatic heterocycles. The minimum absolute atomic E-state index is 0.0929. The Bertz CT molecular complexity index is 896. The van der Waals surface area contributed by atoms with E-state index in [1.165, 1.54) is 6.07 Å². The number of hydrogen-bond acceptors (Lipinski definition) is 6. The topological polar surface area (TPSA) is 86.0 Å². The minimum atomic E-state index is -0.271. The molecule has 3 rings (SSSR count). The number of benzene rings is 2. The van der Waals surface area contributed by atoms with Gasteiger partial charge in [-0.2, -0.15) is 0 Å². The van der Waals surface area contributed by atoms with E-state index in [2.05, 4.69) is 10.2 Å². The van der Waals surface area contributed by atoms with Gasteiger partial charge in [0.2, 0.25) is 0 Å². The zero-order valence-corrected chi connectivity index (χ0v) is 19.6. The number of rotatable bonds is 10. The number of nitrogens with two attached hydrogens (primary N) is 1. The van der Waals surface area contributed by atoms with Gasteiger partial charge in [-0.05, 0) is 43.7 Å². The Labute approximate surface area is 198 Å². The maximum Gasteiger partial charge on any atom is 0.255 e. The molecule has 0 aliphatic carbocycles. The molecule has 9 heteroatoms. The predicted octanol–water partition coefficient (Wildman–Crippen LogP) is 3.87. The lowest BCUT2D eigenvalue weighted by atomic mass is 10.1. The van der Waals surface area contributed by atoms with Crippen molar-refractivity contribution < 1.29 is 19.0 Å². The van der Waals surface area contributed by atoms with Gasteiger partial charge in [0.05, 0.1) is 42.2 Å². The molecule has 0 spiro atoms. The minimum Gasteiger partial charge on any atom is -0.494 e. The van der Waals surface area contributed by atoms with Crippen LogP contribution in [0.25, 0.3) is 0 Å². The largest absolute Gasteiger partial charge is 0.494 e. The van der Waals surface area contributed by atoms with Crippen molar-refractivity contribution in [2.75, 3.05) is 51.7 Å². The molecule has 0 bridgehead atoms. The van der Waals surface area contributed by atoms with Crippen LogP contribution < -0.4 is 20.5 Å². The first-order valence-corrected chi connectivity index (χ1v) is 11.4. The third-order valence-electron chi connectivity index (χ3n) is 5.06. The number of morpholine rings is 1. The number of carbonyl (C=O) groups excluding carboxylic acids is 1. The van der Waals surface area contributed by atoms with Crippen LogP contribution in [-0.4, -0.2) is 62.9 Å². The van der Waals surface area contributed by atoms with E-state index in [0.29, 0.717) is 53.4 Å². The van der Waals surface area contributed by atoms with Gasteiger partial charge in [0.25, 0.3) is 5.91 Å². The summed E-state index contributed by atoms with van der Waals surface area (Å²) in [5, 5.41) is 3.93. The summed E-state index contributed by atoms with van der Waals surface area (Å²) in [7, 11) is 0. The highest BCUT2D eigenvalue weighted by Crippen LogP contribution is 2.29. The molecule has 1 saturated heterocycles. The van der Waals surface area contributed by atoms with Gasteiger partial charge in [-0.15, -0.1) is 0 Å². The Morgan fingerprint density at radius 2 is 2.03 bits per heavy atom. The Morgan fingerprint density at radius 3 is 2.78 bits per heavy atom. The fourth-order valence-corrected chi connectivity index (χ4v) is 3.73. The summed E-state index contributed by atoms with van der Waals surface area (Å²) in [6.45, 7) is 6.39. The predicted molar refractivity (Wildman–Crippen MR) is 127 cm³/mol. The maximum absolute atomic E-state index is 12.7. The SMILES string of the molecule is CCOc1cc(N)c(Cl)cc1C(=O)NCC1CN(CCCOc2ccc(Cl)cc2)CCO1. The second-order valence-corrected chi connectivity index (χ2v) is 8.31. The zero-order valence-electron chi connectivity index (χ0n) is 18.1. The highest BCUT2D eigenvalue weighted by atomic mass is 35.5. The van der Waals surface area contributed by atoms with Crippen LogP contribution >= 0.6 is 23.2 Å². The fraction of sp³-hybridized carbons (Fsp3) is 0.435. The van der Waals surface area contributed by atoms with Crippen molar-refractivity contribution in [3.63, 3.8) is 0 Å². The van der Waals surface area contributed by atoms with Crippen LogP contribution in [0.15, 0.2) is 36.4 Å². The highest BCUT2D eigenvalue weighted by molar-refractivity contribution is 6.33. The fourth-order valence-electron chi connectivity index (χ4n) is 3.44. The van der Waals surface area contributed by atoms with Gasteiger partial charge >= 0.3 is 0 Å². The molecule has 1 amide bonds. The van der Waals surface area contributed by atoms with Crippen molar-refractivity contribution >= 4 is 34.8 Å². The number of amides is 1. The average Bonchev–Trinajstić information content (AvgIpc) is 2.79. The number of anilines is 1. The van der Waals surface area contributed by atoms with E-state index in [0.717, 1.165) is 31.8 Å². The Morgan fingerprint density at radius 1 is 1.25 bits per heavy atom. The molecule has 1 aliphatic rings. The molecule has 32 heavy (non-hydrogen) atoms. The smallest absolute Gasteiger partial charge is 0.255 e. The van der Waals surface area contributed by atoms with Crippen molar-refractivity contribution in [1.29, 1.82) is 0 Å². The summed E-state index contributed by atoms with van der Waals surface area (Å²) in [4.78, 5) is 15.0. The van der Waals surface area contributed by atoms with E-state index in [1.807, 2.05) is 31.2 Å². The van der Waals surface area contributed by atoms with Crippen LogP contribution in [0.1, 0.15) is 23.7 Å². The molecule has 2 aromatic carbocycles. The molecular weight excluding hydrogens is 453 g/mol. The lowest BCUT2D eigenvalue weighted by Crippen LogP contribution is -2.47. The zero-order chi connectivity index (χ0) is 22.9. The molecule has 174 valence electrons. The van der Waals surface area contributed by atoms with Gasteiger partial charge < -0.3 is 25.3 Å². The Balaban J connectivity index is 1.43. The first kappa shape index (κ1) is 24.5. The summed E-state index contributed by atoms with van der Waals surface area (Å²) in [5.41, 5.74) is 6.56. The van der Waals surface area contributed by atoms with Gasteiger partial charge in [-0.1, -0.05) is 23.2 Å². The van der Waals surface area contributed by atoms with E-state index in [-0.39, 0.29) is 12.0 Å². The molecule has 1 unspecified atom stereocenters. The Kier molecular flexibility index (Phi) is 9.29. The van der Waals surface area contributed by atoms with Crippen LogP contribution in [-0.2, 0) is 4.74 Å². The van der Waals surface area contributed by atoms with Crippen LogP contribution in [0, 0.1) is 0 Å². The van der Waals surface area contributed by atoms with Gasteiger partial charge in [0, 0.05) is 37.3 Å². The van der Waals surface area contributed by atoms with Gasteiger partial charge in [-0.3, -0.25) is 9.69 Å². The third-order valence-corrected chi connectivity index (χ3v) is 5.64. The first-order valence-electron chi connectivity index (χ1n) is 10.7. The lowest BCUT2D eigenvalue weighted by Gasteiger charge is -2.33. The van der Waals surface area contributed by atoms with Gasteiger partial charge in [0.1, 0.15) is 11.5 Å². The summed E-state index contributed by atoms with van der Waals surface area (Å²) in [6, 6.07) is 10.5. The van der Waals surface area contributed by atoms with Crippen LogP contribution in [0.2, 0.25) is 10.0 Å². The first-order chi connectivity index (χ1) is 15.5. The molecule has 1 fully saturated rings. The van der Waals surface area contributed by atoms with E-state index >= 15 is 0 Å². The van der Waals surface area contributed by atoms with E-state index in [4.69, 9.17) is 43.1 Å². The van der Waals surface area contributed by atoms with Crippen molar-refractivity contribution in [2.45, 2.75) is 19.4 Å². The molecule has 0 aromatic heterocycles. The standard InChI is InChI=1S/C23H29Cl2N3O4/c1-2-30-22-13-21(26)20(25)12-19(22)23(29)27-14-18-15-28(9-11-32-18)8-3-10-31-17-6-4-16(24)5-7-17/h4-7,12-13,18H,2-3,8-11,14-15,26H2,1H3,(H,27,29). The van der Waals surface area contributed by atoms with Gasteiger partial charge in [-0.25, -0.2) is 0 Å². The molecule has 0 radical (unpaired) electrons. The second kappa shape index (κ2) is 12.2. The molecule has 3 N–H and O–H groups in total. The Hall–Kier alpha value is -2.19. The molecule has 2 aromatic rings. The summed E-state index contributed by atoms with van der Waals surface area (Å²) in [5.74, 6) is 0.956. The normalized spacial score (nSPS) is 16.5. The van der Waals surface area contributed by atoms with Crippen molar-refractivity contribution in [2.24, 2.45) is 0 Å². The number of halogens is 2. The second-order valence-electron chi connectivity index (χ2n) is 7.46. The van der Waals surface area contributed by atoms with Gasteiger partial charge in [0.15, 0.2) is 0 Å². The van der Waals surface area contributed by atoms with E-state index in [1.54, 1.807) is 6.07 Å². The molecule has 1 atom stereocenters. The highest BCUT2D eigenvalue weighted by Gasteiger charge is 2.22. The van der Waals surface area contributed by atoms with Crippen LogP contribution in [0.3, 0.4) is 0 Å². The lowest BCUT2D eigenvalue weighted by molar-refractivity contribution is -0.0274.